The number of amides is 2. The zero-order valence-corrected chi connectivity index (χ0v) is 16.2. The molecule has 9 nitrogen and oxygen atoms in total. The largest absolute Gasteiger partial charge is 0.417 e. The fourth-order valence-corrected chi connectivity index (χ4v) is 3.82. The summed E-state index contributed by atoms with van der Waals surface area (Å²) < 4.78 is 32.5. The van der Waals surface area contributed by atoms with Crippen LogP contribution in [0.2, 0.25) is 0 Å². The van der Waals surface area contributed by atoms with Crippen LogP contribution >= 0.6 is 0 Å². The van der Waals surface area contributed by atoms with E-state index in [0.717, 1.165) is 0 Å². The lowest BCUT2D eigenvalue weighted by atomic mass is 10.3. The number of hydrogen-bond donors (Lipinski definition) is 4. The highest BCUT2D eigenvalue weighted by Gasteiger charge is 2.16. The van der Waals surface area contributed by atoms with E-state index < -0.39 is 21.8 Å². The first-order valence-electron chi connectivity index (χ1n) is 8.78. The van der Waals surface area contributed by atoms with Gasteiger partial charge in [-0.2, -0.15) is 0 Å². The molecule has 2 amide bonds. The molecule has 152 valence electrons. The Morgan fingerprint density at radius 2 is 1.47 bits per heavy atom. The number of anilines is 3. The highest BCUT2D eigenvalue weighted by Crippen LogP contribution is 2.21. The summed E-state index contributed by atoms with van der Waals surface area (Å²) in [5, 5.41) is 5.35. The quantitative estimate of drug-likeness (QED) is 0.389. The summed E-state index contributed by atoms with van der Waals surface area (Å²) in [5.41, 5.74) is 1.99. The number of hydrogen-bond acceptors (Lipinski definition) is 5. The molecule has 0 atom stereocenters. The van der Waals surface area contributed by atoms with Crippen LogP contribution < -0.4 is 21.1 Å². The SMILES string of the molecule is O=C(Nc1ccccc1)Nc1ccc(NS(=O)(=O)c2ccc3[nH]c(=O)oc3c2)cc1. The lowest BCUT2D eigenvalue weighted by Crippen LogP contribution is -2.19. The summed E-state index contributed by atoms with van der Waals surface area (Å²) >= 11 is 0. The van der Waals surface area contributed by atoms with Crippen molar-refractivity contribution in [3.63, 3.8) is 0 Å². The van der Waals surface area contributed by atoms with E-state index in [1.807, 2.05) is 6.07 Å². The molecule has 10 heteroatoms. The van der Waals surface area contributed by atoms with Crippen LogP contribution in [0.1, 0.15) is 0 Å². The smallest absolute Gasteiger partial charge is 0.408 e. The molecule has 30 heavy (non-hydrogen) atoms. The van der Waals surface area contributed by atoms with E-state index in [1.165, 1.54) is 30.3 Å². The van der Waals surface area contributed by atoms with Gasteiger partial charge >= 0.3 is 11.8 Å². The number of benzene rings is 3. The minimum atomic E-state index is -3.90. The molecule has 0 saturated heterocycles. The molecule has 0 bridgehead atoms. The van der Waals surface area contributed by atoms with Crippen molar-refractivity contribution in [1.82, 2.24) is 4.98 Å². The van der Waals surface area contributed by atoms with E-state index in [0.29, 0.717) is 22.6 Å². The van der Waals surface area contributed by atoms with Crippen molar-refractivity contribution < 1.29 is 17.6 Å². The Morgan fingerprint density at radius 3 is 2.17 bits per heavy atom. The topological polar surface area (TPSA) is 133 Å². The molecule has 1 heterocycles. The molecule has 0 aliphatic rings. The summed E-state index contributed by atoms with van der Waals surface area (Å²) in [6.07, 6.45) is 0. The minimum absolute atomic E-state index is 0.0535. The van der Waals surface area contributed by atoms with Gasteiger partial charge in [-0.05, 0) is 48.5 Å². The maximum atomic E-state index is 12.6. The Labute approximate surface area is 170 Å². The van der Waals surface area contributed by atoms with E-state index in [1.54, 1.807) is 36.4 Å². The van der Waals surface area contributed by atoms with E-state index in [4.69, 9.17) is 4.42 Å². The molecular formula is C20H16N4O5S. The average Bonchev–Trinajstić information content (AvgIpc) is 3.09. The van der Waals surface area contributed by atoms with Crippen LogP contribution in [0.4, 0.5) is 21.9 Å². The molecule has 0 saturated carbocycles. The van der Waals surface area contributed by atoms with Gasteiger partial charge in [0.05, 0.1) is 10.4 Å². The van der Waals surface area contributed by atoms with Crippen molar-refractivity contribution in [1.29, 1.82) is 0 Å². The molecule has 4 aromatic rings. The number of sulfonamides is 1. The molecule has 0 unspecified atom stereocenters. The number of urea groups is 1. The lowest BCUT2D eigenvalue weighted by Gasteiger charge is -2.10. The van der Waals surface area contributed by atoms with E-state index in [2.05, 4.69) is 20.3 Å². The highest BCUT2D eigenvalue weighted by molar-refractivity contribution is 7.92. The van der Waals surface area contributed by atoms with Crippen LogP contribution in [-0.2, 0) is 10.0 Å². The molecular weight excluding hydrogens is 408 g/mol. The lowest BCUT2D eigenvalue weighted by molar-refractivity contribution is 0.262. The number of fused-ring (bicyclic) bond motifs is 1. The van der Waals surface area contributed by atoms with Crippen molar-refractivity contribution in [3.05, 3.63) is 83.3 Å². The van der Waals surface area contributed by atoms with E-state index in [9.17, 15) is 18.0 Å². The second-order valence-electron chi connectivity index (χ2n) is 6.30. The summed E-state index contributed by atoms with van der Waals surface area (Å²) in [5.74, 6) is -0.660. The summed E-state index contributed by atoms with van der Waals surface area (Å²) in [7, 11) is -3.90. The van der Waals surface area contributed by atoms with Crippen LogP contribution in [0.15, 0.2) is 86.9 Å². The number of para-hydroxylation sites is 1. The molecule has 0 radical (unpaired) electrons. The van der Waals surface area contributed by atoms with Gasteiger partial charge in [0.25, 0.3) is 10.0 Å². The summed E-state index contributed by atoms with van der Waals surface area (Å²) in [4.78, 5) is 25.6. The second-order valence-corrected chi connectivity index (χ2v) is 7.98. The number of oxazole rings is 1. The first-order chi connectivity index (χ1) is 14.4. The summed E-state index contributed by atoms with van der Waals surface area (Å²) in [6.45, 7) is 0. The standard InChI is InChI=1S/C20H16N4O5S/c25-19(21-13-4-2-1-3-5-13)22-14-6-8-15(9-7-14)24-30(27,28)16-10-11-17-18(12-16)29-20(26)23-17/h1-12,24H,(H,23,26)(H2,21,22,25). The van der Waals surface area contributed by atoms with Crippen LogP contribution in [0.5, 0.6) is 0 Å². The molecule has 1 aromatic heterocycles. The van der Waals surface area contributed by atoms with E-state index >= 15 is 0 Å². The Bertz CT molecular complexity index is 1360. The Hall–Kier alpha value is -4.05. The first-order valence-corrected chi connectivity index (χ1v) is 10.3. The van der Waals surface area contributed by atoms with Gasteiger partial charge in [0.15, 0.2) is 5.58 Å². The molecule has 3 aromatic carbocycles. The number of aromatic amines is 1. The van der Waals surface area contributed by atoms with Gasteiger partial charge in [-0.15, -0.1) is 0 Å². The highest BCUT2D eigenvalue weighted by atomic mass is 32.2. The van der Waals surface area contributed by atoms with E-state index in [-0.39, 0.29) is 10.5 Å². The molecule has 0 spiro atoms. The number of H-pyrrole nitrogens is 1. The van der Waals surface area contributed by atoms with Gasteiger partial charge in [-0.1, -0.05) is 18.2 Å². The Morgan fingerprint density at radius 1 is 0.833 bits per heavy atom. The van der Waals surface area contributed by atoms with Crippen LogP contribution in [0.3, 0.4) is 0 Å². The monoisotopic (exact) mass is 424 g/mol. The van der Waals surface area contributed by atoms with Gasteiger partial charge < -0.3 is 15.1 Å². The third-order valence-electron chi connectivity index (χ3n) is 4.13. The van der Waals surface area contributed by atoms with Crippen molar-refractivity contribution >= 4 is 44.2 Å². The predicted octanol–water partition coefficient (Wildman–Crippen LogP) is 3.57. The maximum Gasteiger partial charge on any atom is 0.417 e. The molecule has 4 rings (SSSR count). The molecule has 0 aliphatic carbocycles. The van der Waals surface area contributed by atoms with Crippen molar-refractivity contribution in [3.8, 4) is 0 Å². The average molecular weight is 424 g/mol. The second kappa shape index (κ2) is 7.76. The van der Waals surface area contributed by atoms with Gasteiger partial charge in [0, 0.05) is 23.1 Å². The van der Waals surface area contributed by atoms with Crippen molar-refractivity contribution in [2.45, 2.75) is 4.90 Å². The number of carbonyl (C=O) groups is 1. The third-order valence-corrected chi connectivity index (χ3v) is 5.51. The molecule has 0 fully saturated rings. The van der Waals surface area contributed by atoms with Crippen LogP contribution in [0.25, 0.3) is 11.1 Å². The number of aromatic nitrogens is 1. The normalized spacial score (nSPS) is 11.2. The third kappa shape index (κ3) is 4.33. The fraction of sp³-hybridized carbons (Fsp3) is 0. The Balaban J connectivity index is 1.44. The molecule has 0 aliphatic heterocycles. The van der Waals surface area contributed by atoms with Crippen molar-refractivity contribution in [2.24, 2.45) is 0 Å². The number of rotatable bonds is 5. The van der Waals surface area contributed by atoms with Gasteiger partial charge in [-0.3, -0.25) is 9.71 Å². The van der Waals surface area contributed by atoms with Crippen LogP contribution in [0, 0.1) is 0 Å². The molecule has 4 N–H and O–H groups in total. The number of nitrogens with one attached hydrogen (secondary N) is 4. The maximum absolute atomic E-state index is 12.6. The zero-order chi connectivity index (χ0) is 21.1. The predicted molar refractivity (Wildman–Crippen MR) is 113 cm³/mol. The van der Waals surface area contributed by atoms with Crippen LogP contribution in [-0.4, -0.2) is 19.4 Å². The van der Waals surface area contributed by atoms with Gasteiger partial charge in [0.2, 0.25) is 0 Å². The van der Waals surface area contributed by atoms with Gasteiger partial charge in [0.1, 0.15) is 0 Å². The fourth-order valence-electron chi connectivity index (χ4n) is 2.74. The summed E-state index contributed by atoms with van der Waals surface area (Å²) in [6, 6.07) is 18.8. The zero-order valence-electron chi connectivity index (χ0n) is 15.4. The van der Waals surface area contributed by atoms with Gasteiger partial charge in [-0.25, -0.2) is 18.0 Å². The number of carbonyl (C=O) groups excluding carboxylic acids is 1. The minimum Gasteiger partial charge on any atom is -0.408 e. The first kappa shape index (κ1) is 19.3. The Kier molecular flexibility index (Phi) is 4.98. The van der Waals surface area contributed by atoms with Crippen molar-refractivity contribution in [2.75, 3.05) is 15.4 Å².